The number of benzene rings is 3. The maximum absolute atomic E-state index is 13.7. The number of nitrogens with one attached hydrogen (secondary N) is 1. The molecule has 4 aromatic rings. The average molecular weight is 580 g/mol. The van der Waals surface area contributed by atoms with Gasteiger partial charge in [-0.05, 0) is 47.6 Å². The Bertz CT molecular complexity index is 1420. The Morgan fingerprint density at radius 3 is 2.21 bits per heavy atom. The number of carbonyl (C=O) groups excluding carboxylic acids is 1. The Morgan fingerprint density at radius 2 is 1.59 bits per heavy atom. The summed E-state index contributed by atoms with van der Waals surface area (Å²) in [5.74, 6) is 0.667. The average Bonchev–Trinajstić information content (AvgIpc) is 3.56. The van der Waals surface area contributed by atoms with E-state index < -0.39 is 5.25 Å². The number of amides is 1. The van der Waals surface area contributed by atoms with Crippen molar-refractivity contribution < 1.29 is 4.79 Å². The van der Waals surface area contributed by atoms with Gasteiger partial charge in [0.1, 0.15) is 5.25 Å². The van der Waals surface area contributed by atoms with Crippen LogP contribution in [0.3, 0.4) is 0 Å². The van der Waals surface area contributed by atoms with Crippen molar-refractivity contribution in [3.8, 4) is 11.4 Å². The van der Waals surface area contributed by atoms with Crippen molar-refractivity contribution >= 4 is 46.6 Å². The van der Waals surface area contributed by atoms with E-state index in [1.54, 1.807) is 18.2 Å². The molecule has 1 aromatic heterocycles. The lowest BCUT2D eigenvalue weighted by Gasteiger charge is -2.21. The number of thioether (sulfide) groups is 1. The Kier molecular flexibility index (Phi) is 8.36. The molecule has 39 heavy (non-hydrogen) atoms. The lowest BCUT2D eigenvalue weighted by Crippen LogP contribution is -2.20. The number of nitrogens with zero attached hydrogens (tertiary/aromatic N) is 3. The molecule has 1 amide bonds. The van der Waals surface area contributed by atoms with Crippen LogP contribution in [0.4, 0.5) is 5.69 Å². The molecule has 0 radical (unpaired) electrons. The Morgan fingerprint density at radius 1 is 0.949 bits per heavy atom. The fraction of sp³-hybridized carbons (Fsp3) is 0.323. The van der Waals surface area contributed by atoms with Gasteiger partial charge in [0.05, 0.1) is 0 Å². The fourth-order valence-corrected chi connectivity index (χ4v) is 6.64. The first-order valence-corrected chi connectivity index (χ1v) is 14.9. The third kappa shape index (κ3) is 6.51. The molecule has 0 unspecified atom stereocenters. The standard InChI is InChI=1S/C31H32Cl2N4OS/c1-31(2,3)22-15-13-21(14-16-22)28-35-36-30(37(28)26-11-7-8-12-26)39-27(20-9-5-4-6-10-20)29(38)34-25-18-23(32)17-24(33)19-25/h4-6,9-10,13-19,26-27H,7-8,11-12H2,1-3H3,(H,34,38)/t27-/m0/s1. The topological polar surface area (TPSA) is 59.8 Å². The molecule has 8 heteroatoms. The molecule has 1 heterocycles. The molecule has 5 rings (SSSR count). The summed E-state index contributed by atoms with van der Waals surface area (Å²) in [4.78, 5) is 13.7. The van der Waals surface area contributed by atoms with E-state index in [1.165, 1.54) is 30.2 Å². The molecular weight excluding hydrogens is 547 g/mol. The van der Waals surface area contributed by atoms with Crippen LogP contribution in [0, 0.1) is 0 Å². The van der Waals surface area contributed by atoms with Crippen molar-refractivity contribution in [2.45, 2.75) is 68.3 Å². The van der Waals surface area contributed by atoms with E-state index in [0.29, 0.717) is 21.8 Å². The molecule has 1 N–H and O–H groups in total. The third-order valence-corrected chi connectivity index (χ3v) is 8.70. The molecule has 1 fully saturated rings. The van der Waals surface area contributed by atoms with E-state index in [1.807, 2.05) is 30.3 Å². The maximum Gasteiger partial charge on any atom is 0.242 e. The summed E-state index contributed by atoms with van der Waals surface area (Å²) in [7, 11) is 0. The van der Waals surface area contributed by atoms with E-state index in [0.717, 1.165) is 34.9 Å². The molecule has 202 valence electrons. The molecule has 1 aliphatic carbocycles. The molecular formula is C31H32Cl2N4OS. The summed E-state index contributed by atoms with van der Waals surface area (Å²) >= 11 is 13.8. The quantitative estimate of drug-likeness (QED) is 0.222. The van der Waals surface area contributed by atoms with Gasteiger partial charge in [0.2, 0.25) is 5.91 Å². The first kappa shape index (κ1) is 27.8. The number of aromatic nitrogens is 3. The van der Waals surface area contributed by atoms with Gasteiger partial charge in [-0.15, -0.1) is 10.2 Å². The number of rotatable bonds is 7. The summed E-state index contributed by atoms with van der Waals surface area (Å²) in [5, 5.41) is 13.4. The molecule has 3 aromatic carbocycles. The van der Waals surface area contributed by atoms with E-state index >= 15 is 0 Å². The summed E-state index contributed by atoms with van der Waals surface area (Å²) in [5.41, 5.74) is 3.81. The number of hydrogen-bond donors (Lipinski definition) is 1. The van der Waals surface area contributed by atoms with Gasteiger partial charge in [0.15, 0.2) is 11.0 Å². The molecule has 1 saturated carbocycles. The number of anilines is 1. The van der Waals surface area contributed by atoms with Gasteiger partial charge >= 0.3 is 0 Å². The minimum atomic E-state index is -0.551. The summed E-state index contributed by atoms with van der Waals surface area (Å²) in [6, 6.07) is 23.7. The van der Waals surface area contributed by atoms with Crippen LogP contribution < -0.4 is 5.32 Å². The molecule has 0 spiro atoms. The van der Waals surface area contributed by atoms with Crippen LogP contribution in [0.2, 0.25) is 10.0 Å². The minimum Gasteiger partial charge on any atom is -0.325 e. The number of carbonyl (C=O) groups is 1. The van der Waals surface area contributed by atoms with Gasteiger partial charge < -0.3 is 5.32 Å². The molecule has 1 atom stereocenters. The maximum atomic E-state index is 13.7. The minimum absolute atomic E-state index is 0.0716. The molecule has 1 aliphatic rings. The molecule has 5 nitrogen and oxygen atoms in total. The van der Waals surface area contributed by atoms with Gasteiger partial charge in [0.25, 0.3) is 0 Å². The van der Waals surface area contributed by atoms with Crippen LogP contribution >= 0.6 is 35.0 Å². The number of hydrogen-bond acceptors (Lipinski definition) is 4. The third-order valence-electron chi connectivity index (χ3n) is 7.06. The predicted molar refractivity (Wildman–Crippen MR) is 162 cm³/mol. The monoisotopic (exact) mass is 578 g/mol. The highest BCUT2D eigenvalue weighted by Crippen LogP contribution is 2.42. The second kappa shape index (κ2) is 11.7. The Balaban J connectivity index is 1.51. The van der Waals surface area contributed by atoms with Crippen molar-refractivity contribution in [2.75, 3.05) is 5.32 Å². The lowest BCUT2D eigenvalue weighted by atomic mass is 9.86. The first-order valence-electron chi connectivity index (χ1n) is 13.2. The van der Waals surface area contributed by atoms with E-state index in [9.17, 15) is 4.79 Å². The van der Waals surface area contributed by atoms with Crippen molar-refractivity contribution in [3.63, 3.8) is 0 Å². The van der Waals surface area contributed by atoms with Gasteiger partial charge in [-0.2, -0.15) is 0 Å². The second-order valence-corrected chi connectivity index (χ2v) is 12.9. The largest absolute Gasteiger partial charge is 0.325 e. The van der Waals surface area contributed by atoms with Crippen LogP contribution in [0.1, 0.15) is 68.9 Å². The van der Waals surface area contributed by atoms with E-state index in [-0.39, 0.29) is 11.3 Å². The van der Waals surface area contributed by atoms with Gasteiger partial charge in [0, 0.05) is 27.3 Å². The Labute approximate surface area is 244 Å². The fourth-order valence-electron chi connectivity index (χ4n) is 5.01. The van der Waals surface area contributed by atoms with Crippen LogP contribution in [0.25, 0.3) is 11.4 Å². The zero-order valence-electron chi connectivity index (χ0n) is 22.3. The van der Waals surface area contributed by atoms with Crippen LogP contribution in [-0.4, -0.2) is 20.7 Å². The molecule has 0 aliphatic heterocycles. The lowest BCUT2D eigenvalue weighted by molar-refractivity contribution is -0.115. The summed E-state index contributed by atoms with van der Waals surface area (Å²) < 4.78 is 2.25. The second-order valence-electron chi connectivity index (χ2n) is 11.0. The zero-order chi connectivity index (χ0) is 27.6. The SMILES string of the molecule is CC(C)(C)c1ccc(-c2nnc(S[C@H](C(=O)Nc3cc(Cl)cc(Cl)c3)c3ccccc3)n2C2CCCC2)cc1. The van der Waals surface area contributed by atoms with Crippen molar-refractivity contribution in [2.24, 2.45) is 0 Å². The smallest absolute Gasteiger partial charge is 0.242 e. The van der Waals surface area contributed by atoms with Crippen LogP contribution in [0.15, 0.2) is 78.0 Å². The highest BCUT2D eigenvalue weighted by atomic mass is 35.5. The van der Waals surface area contributed by atoms with E-state index in [4.69, 9.17) is 23.2 Å². The first-order chi connectivity index (χ1) is 18.7. The van der Waals surface area contributed by atoms with Crippen molar-refractivity contribution in [3.05, 3.63) is 94.0 Å². The van der Waals surface area contributed by atoms with Crippen LogP contribution in [0.5, 0.6) is 0 Å². The van der Waals surface area contributed by atoms with E-state index in [2.05, 4.69) is 65.1 Å². The normalized spacial score (nSPS) is 14.9. The van der Waals surface area contributed by atoms with Gasteiger partial charge in [-0.3, -0.25) is 9.36 Å². The van der Waals surface area contributed by atoms with Crippen LogP contribution in [-0.2, 0) is 10.2 Å². The summed E-state index contributed by atoms with van der Waals surface area (Å²) in [6.45, 7) is 6.64. The van der Waals surface area contributed by atoms with Gasteiger partial charge in [-0.1, -0.05) is 123 Å². The van der Waals surface area contributed by atoms with Crippen molar-refractivity contribution in [1.82, 2.24) is 14.8 Å². The van der Waals surface area contributed by atoms with Gasteiger partial charge in [-0.25, -0.2) is 0 Å². The Hall–Kier alpha value is -2.80. The summed E-state index contributed by atoms with van der Waals surface area (Å²) in [6.07, 6.45) is 4.49. The van der Waals surface area contributed by atoms with Crippen molar-refractivity contribution in [1.29, 1.82) is 0 Å². The highest BCUT2D eigenvalue weighted by Gasteiger charge is 2.30. The molecule has 0 bridgehead atoms. The predicted octanol–water partition coefficient (Wildman–Crippen LogP) is 9.14. The highest BCUT2D eigenvalue weighted by molar-refractivity contribution is 8.00. The zero-order valence-corrected chi connectivity index (χ0v) is 24.7. The number of halogens is 2. The molecule has 0 saturated heterocycles.